The lowest BCUT2D eigenvalue weighted by atomic mass is 10.1. The van der Waals surface area contributed by atoms with E-state index in [1.165, 1.54) is 12.1 Å². The molecule has 3 rings (SSSR count). The number of benzene rings is 1. The molecule has 0 bridgehead atoms. The summed E-state index contributed by atoms with van der Waals surface area (Å²) in [6.45, 7) is 0.746. The molecule has 5 atom stereocenters. The maximum Gasteiger partial charge on any atom is 0.326 e. The van der Waals surface area contributed by atoms with Gasteiger partial charge in [0.25, 0.3) is 11.8 Å². The molecule has 51 heavy (non-hydrogen) atoms. The number of carboxylic acids is 4. The van der Waals surface area contributed by atoms with Crippen molar-refractivity contribution in [3.63, 3.8) is 0 Å². The van der Waals surface area contributed by atoms with Gasteiger partial charge in [-0.15, -0.1) is 0 Å². The SMILES string of the molecule is CN1C(CNc2ccc(C(=O)N[C@@H](CCC(=O)N[C@@H](CCC(=O)N[C@@H](CCC(=O)O)C(=O)O)C(=O)O)C(=O)O)cc2)CN=C2N=C(N)NC(=O)C21. The van der Waals surface area contributed by atoms with Crippen LogP contribution in [0.3, 0.4) is 0 Å². The molecule has 21 heteroatoms. The van der Waals surface area contributed by atoms with Crippen molar-refractivity contribution < 1.29 is 58.8 Å². The molecular formula is C30H39N9O12. The van der Waals surface area contributed by atoms with Gasteiger partial charge in [-0.05, 0) is 50.6 Å². The topological polar surface area (TPSA) is 332 Å². The number of carbonyl (C=O) groups excluding carboxylic acids is 4. The van der Waals surface area contributed by atoms with Crippen molar-refractivity contribution in [2.24, 2.45) is 15.7 Å². The number of aliphatic carboxylic acids is 4. The Balaban J connectivity index is 1.47. The average Bonchev–Trinajstić information content (AvgIpc) is 3.05. The minimum Gasteiger partial charge on any atom is -0.481 e. The third-order valence-electron chi connectivity index (χ3n) is 7.95. The lowest BCUT2D eigenvalue weighted by Gasteiger charge is -2.38. The molecular weight excluding hydrogens is 678 g/mol. The van der Waals surface area contributed by atoms with Crippen LogP contribution in [0.1, 0.15) is 48.9 Å². The van der Waals surface area contributed by atoms with E-state index in [9.17, 15) is 48.6 Å². The first-order chi connectivity index (χ1) is 24.0. The molecule has 1 aromatic carbocycles. The number of hydrogen-bond acceptors (Lipinski definition) is 13. The first-order valence-electron chi connectivity index (χ1n) is 15.6. The predicted octanol–water partition coefficient (Wildman–Crippen LogP) is -2.63. The van der Waals surface area contributed by atoms with Crippen molar-refractivity contribution in [1.29, 1.82) is 0 Å². The van der Waals surface area contributed by atoms with Gasteiger partial charge in [-0.3, -0.25) is 39.2 Å². The third-order valence-corrected chi connectivity index (χ3v) is 7.95. The van der Waals surface area contributed by atoms with Gasteiger partial charge in [0, 0.05) is 43.1 Å². The maximum absolute atomic E-state index is 12.8. The first kappa shape index (κ1) is 39.3. The third kappa shape index (κ3) is 11.8. The number of likely N-dealkylation sites (N-methyl/N-ethyl adjacent to an activating group) is 1. The first-order valence-corrected chi connectivity index (χ1v) is 15.6. The normalized spacial score (nSPS) is 18.6. The summed E-state index contributed by atoms with van der Waals surface area (Å²) in [4.78, 5) is 106. The summed E-state index contributed by atoms with van der Waals surface area (Å²) < 4.78 is 0. The summed E-state index contributed by atoms with van der Waals surface area (Å²) in [5.74, 6) is -8.23. The summed E-state index contributed by atoms with van der Waals surface area (Å²) in [5.41, 5.74) is 6.34. The van der Waals surface area contributed by atoms with Crippen LogP contribution in [0.5, 0.6) is 0 Å². The standard InChI is InChI=1S/C30H39N9O12/c1-39-16(13-33-24-23(39)26(45)38-30(31)37-24)12-32-15-4-2-14(3-5-15)25(44)36-19(29(50)51)7-10-21(41)34-17(27(46)47)6-9-20(40)35-18(28(48)49)8-11-22(42)43/h2-5,16-19,23,32H,6-13H2,1H3,(H,34,41)(H,35,40)(H,36,44)(H,42,43)(H,46,47)(H,48,49)(H,50,51)(H3,31,33,37,38,45)/t16?,17-,18-,19-,23?/m0/s1. The van der Waals surface area contributed by atoms with Crippen LogP contribution in [0, 0.1) is 0 Å². The molecule has 1 aromatic rings. The van der Waals surface area contributed by atoms with Crippen LogP contribution in [-0.4, -0.2) is 135 Å². The molecule has 0 fully saturated rings. The number of anilines is 1. The average molecular weight is 718 g/mol. The van der Waals surface area contributed by atoms with Gasteiger partial charge in [0.1, 0.15) is 18.1 Å². The fourth-order valence-corrected chi connectivity index (χ4v) is 5.10. The number of amides is 4. The minimum absolute atomic E-state index is 0.0148. The highest BCUT2D eigenvalue weighted by molar-refractivity contribution is 6.19. The van der Waals surface area contributed by atoms with Gasteiger partial charge in [-0.1, -0.05) is 0 Å². The Hall–Kier alpha value is -6.12. The highest BCUT2D eigenvalue weighted by Crippen LogP contribution is 2.17. The van der Waals surface area contributed by atoms with Gasteiger partial charge in [-0.25, -0.2) is 14.4 Å². The molecule has 21 nitrogen and oxygen atoms in total. The van der Waals surface area contributed by atoms with E-state index in [0.29, 0.717) is 24.6 Å². The minimum atomic E-state index is -1.58. The predicted molar refractivity (Wildman–Crippen MR) is 176 cm³/mol. The van der Waals surface area contributed by atoms with Gasteiger partial charge in [0.2, 0.25) is 17.8 Å². The second-order valence-electron chi connectivity index (χ2n) is 11.7. The largest absolute Gasteiger partial charge is 0.481 e. The van der Waals surface area contributed by atoms with Gasteiger partial charge in [-0.2, -0.15) is 4.99 Å². The van der Waals surface area contributed by atoms with E-state index in [4.69, 9.17) is 15.9 Å². The molecule has 4 amide bonds. The highest BCUT2D eigenvalue weighted by atomic mass is 16.4. The lowest BCUT2D eigenvalue weighted by Crippen LogP contribution is -2.62. The molecule has 0 radical (unpaired) electrons. The van der Waals surface area contributed by atoms with Gasteiger partial charge < -0.3 is 47.4 Å². The summed E-state index contributed by atoms with van der Waals surface area (Å²) in [6, 6.07) is 0.627. The summed E-state index contributed by atoms with van der Waals surface area (Å²) in [7, 11) is 1.76. The van der Waals surface area contributed by atoms with E-state index in [0.717, 1.165) is 0 Å². The van der Waals surface area contributed by atoms with Crippen molar-refractivity contribution >= 4 is 65.0 Å². The zero-order chi connectivity index (χ0) is 37.8. The number of fused-ring (bicyclic) bond motifs is 1. The van der Waals surface area contributed by atoms with Crippen LogP contribution < -0.4 is 32.3 Å². The van der Waals surface area contributed by atoms with Crippen molar-refractivity contribution in [3.05, 3.63) is 29.8 Å². The van der Waals surface area contributed by atoms with E-state index >= 15 is 0 Å². The number of nitrogens with one attached hydrogen (secondary N) is 5. The Labute approximate surface area is 289 Å². The van der Waals surface area contributed by atoms with Gasteiger partial charge >= 0.3 is 23.9 Å². The number of aliphatic imine (C=N–C) groups is 2. The fourth-order valence-electron chi connectivity index (χ4n) is 5.10. The second kappa shape index (κ2) is 18.0. The molecule has 2 aliphatic rings. The van der Waals surface area contributed by atoms with Crippen molar-refractivity contribution in [2.45, 2.75) is 68.7 Å². The number of carbonyl (C=O) groups is 8. The number of amidine groups is 1. The number of nitrogens with zero attached hydrogens (tertiary/aromatic N) is 3. The van der Waals surface area contributed by atoms with Gasteiger partial charge in [0.05, 0.1) is 6.54 Å². The monoisotopic (exact) mass is 717 g/mol. The number of hydrogen-bond donors (Lipinski definition) is 10. The van der Waals surface area contributed by atoms with E-state index < -0.39 is 104 Å². The maximum atomic E-state index is 12.8. The number of carboxylic acid groups (broad SMARTS) is 4. The summed E-state index contributed by atoms with van der Waals surface area (Å²) in [5, 5.41) is 49.2. The van der Waals surface area contributed by atoms with E-state index in [1.54, 1.807) is 19.2 Å². The molecule has 276 valence electrons. The molecule has 0 saturated heterocycles. The molecule has 0 saturated carbocycles. The second-order valence-corrected chi connectivity index (χ2v) is 11.7. The fraction of sp³-hybridized carbons (Fsp3) is 0.467. The Bertz CT molecular complexity index is 1600. The van der Waals surface area contributed by atoms with Crippen LogP contribution in [-0.2, 0) is 33.6 Å². The van der Waals surface area contributed by atoms with Crippen molar-refractivity contribution in [2.75, 3.05) is 25.5 Å². The molecule has 0 aliphatic carbocycles. The van der Waals surface area contributed by atoms with E-state index in [1.807, 2.05) is 4.90 Å². The number of nitrogens with two attached hydrogens (primary N) is 1. The quantitative estimate of drug-likeness (QED) is 0.0700. The summed E-state index contributed by atoms with van der Waals surface area (Å²) in [6.07, 6.45) is -2.80. The molecule has 11 N–H and O–H groups in total. The zero-order valence-corrected chi connectivity index (χ0v) is 27.3. The van der Waals surface area contributed by atoms with Crippen LogP contribution in [0.25, 0.3) is 0 Å². The molecule has 0 spiro atoms. The zero-order valence-electron chi connectivity index (χ0n) is 27.3. The Morgan fingerprint density at radius 2 is 1.35 bits per heavy atom. The Morgan fingerprint density at radius 1 is 0.843 bits per heavy atom. The van der Waals surface area contributed by atoms with E-state index in [-0.39, 0.29) is 23.5 Å². The van der Waals surface area contributed by atoms with E-state index in [2.05, 4.69) is 36.6 Å². The number of rotatable bonds is 19. The summed E-state index contributed by atoms with van der Waals surface area (Å²) >= 11 is 0. The van der Waals surface area contributed by atoms with Crippen LogP contribution in [0.2, 0.25) is 0 Å². The van der Waals surface area contributed by atoms with Gasteiger partial charge in [0.15, 0.2) is 11.9 Å². The Kier molecular flexibility index (Phi) is 13.9. The Morgan fingerprint density at radius 3 is 1.86 bits per heavy atom. The smallest absolute Gasteiger partial charge is 0.326 e. The lowest BCUT2D eigenvalue weighted by molar-refractivity contribution is -0.144. The van der Waals surface area contributed by atoms with Crippen LogP contribution in [0.4, 0.5) is 5.69 Å². The van der Waals surface area contributed by atoms with Crippen LogP contribution in [0.15, 0.2) is 34.3 Å². The molecule has 2 heterocycles. The molecule has 0 aromatic heterocycles. The molecule has 2 unspecified atom stereocenters. The number of guanidine groups is 1. The van der Waals surface area contributed by atoms with Crippen molar-refractivity contribution in [1.82, 2.24) is 26.2 Å². The van der Waals surface area contributed by atoms with Crippen molar-refractivity contribution in [3.8, 4) is 0 Å². The highest BCUT2D eigenvalue weighted by Gasteiger charge is 2.39. The molecule has 2 aliphatic heterocycles. The van der Waals surface area contributed by atoms with Crippen LogP contribution >= 0.6 is 0 Å².